The van der Waals surface area contributed by atoms with E-state index in [9.17, 15) is 4.79 Å². The van der Waals surface area contributed by atoms with Gasteiger partial charge in [-0.15, -0.1) is 11.6 Å². The number of rotatable bonds is 2. The molecule has 2 aromatic rings. The highest BCUT2D eigenvalue weighted by Crippen LogP contribution is 2.25. The fourth-order valence-corrected chi connectivity index (χ4v) is 3.21. The highest BCUT2D eigenvalue weighted by atomic mass is 35.5. The summed E-state index contributed by atoms with van der Waals surface area (Å²) in [5.41, 5.74) is 1.66. The lowest BCUT2D eigenvalue weighted by Gasteiger charge is -2.33. The smallest absolute Gasteiger partial charge is 0.253 e. The molecule has 1 unspecified atom stereocenters. The number of pyridine rings is 1. The average Bonchev–Trinajstić information content (AvgIpc) is 2.54. The van der Waals surface area contributed by atoms with Crippen LogP contribution in [0.5, 0.6) is 0 Å². The van der Waals surface area contributed by atoms with E-state index in [2.05, 4.69) is 4.98 Å². The molecule has 0 N–H and O–H groups in total. The van der Waals surface area contributed by atoms with Crippen molar-refractivity contribution in [2.24, 2.45) is 5.92 Å². The van der Waals surface area contributed by atoms with Crippen molar-refractivity contribution in [2.45, 2.75) is 25.1 Å². The summed E-state index contributed by atoms with van der Waals surface area (Å²) in [5.74, 6) is 0.637. The number of amides is 1. The molecule has 0 saturated carbocycles. The number of fused-ring (bicyclic) bond motifs is 1. The molecular formula is C17H19ClN2O. The summed E-state index contributed by atoms with van der Waals surface area (Å²) in [7, 11) is 0. The Morgan fingerprint density at radius 1 is 1.33 bits per heavy atom. The number of benzene rings is 1. The maximum Gasteiger partial charge on any atom is 0.253 e. The lowest BCUT2D eigenvalue weighted by atomic mass is 9.93. The summed E-state index contributed by atoms with van der Waals surface area (Å²) in [6, 6.07) is 9.59. The zero-order valence-corrected chi connectivity index (χ0v) is 12.9. The van der Waals surface area contributed by atoms with Crippen molar-refractivity contribution in [3.8, 4) is 0 Å². The molecular weight excluding hydrogens is 284 g/mol. The molecule has 0 aliphatic carbocycles. The van der Waals surface area contributed by atoms with E-state index < -0.39 is 0 Å². The van der Waals surface area contributed by atoms with Crippen LogP contribution in [0.15, 0.2) is 36.5 Å². The number of aromatic nitrogens is 1. The first-order valence-corrected chi connectivity index (χ1v) is 7.87. The summed E-state index contributed by atoms with van der Waals surface area (Å²) in [6.45, 7) is 3.64. The topological polar surface area (TPSA) is 33.2 Å². The first-order chi connectivity index (χ1) is 10.1. The Kier molecular flexibility index (Phi) is 4.11. The average molecular weight is 303 g/mol. The van der Waals surface area contributed by atoms with Gasteiger partial charge in [0.1, 0.15) is 0 Å². The second-order valence-electron chi connectivity index (χ2n) is 5.72. The molecule has 1 aliphatic heterocycles. The van der Waals surface area contributed by atoms with E-state index in [-0.39, 0.29) is 11.3 Å². The van der Waals surface area contributed by atoms with Crippen molar-refractivity contribution in [1.82, 2.24) is 9.88 Å². The van der Waals surface area contributed by atoms with Crippen LogP contribution >= 0.6 is 11.6 Å². The number of likely N-dealkylation sites (tertiary alicyclic amines) is 1. The van der Waals surface area contributed by atoms with Gasteiger partial charge in [0.05, 0.1) is 5.52 Å². The number of hydrogen-bond acceptors (Lipinski definition) is 2. The van der Waals surface area contributed by atoms with E-state index >= 15 is 0 Å². The molecule has 1 saturated heterocycles. The molecule has 1 amide bonds. The lowest BCUT2D eigenvalue weighted by molar-refractivity contribution is 0.0690. The Bertz CT molecular complexity index is 648. The van der Waals surface area contributed by atoms with E-state index in [4.69, 9.17) is 11.6 Å². The number of carbonyl (C=O) groups is 1. The van der Waals surface area contributed by atoms with Crippen molar-refractivity contribution < 1.29 is 4.79 Å². The van der Waals surface area contributed by atoms with Crippen molar-refractivity contribution in [3.05, 3.63) is 42.1 Å². The van der Waals surface area contributed by atoms with Crippen molar-refractivity contribution in [3.63, 3.8) is 0 Å². The third-order valence-corrected chi connectivity index (χ3v) is 4.68. The minimum absolute atomic E-state index is 0.112. The molecule has 1 fully saturated rings. The predicted molar refractivity (Wildman–Crippen MR) is 85.7 cm³/mol. The van der Waals surface area contributed by atoms with E-state index in [1.807, 2.05) is 42.2 Å². The van der Waals surface area contributed by atoms with Gasteiger partial charge in [-0.2, -0.15) is 0 Å². The van der Waals surface area contributed by atoms with Gasteiger partial charge in [0.2, 0.25) is 0 Å². The molecule has 1 aromatic heterocycles. The Morgan fingerprint density at radius 3 is 2.81 bits per heavy atom. The van der Waals surface area contributed by atoms with E-state index in [1.165, 1.54) is 0 Å². The molecule has 3 rings (SSSR count). The van der Waals surface area contributed by atoms with Crippen LogP contribution in [-0.2, 0) is 0 Å². The number of hydrogen-bond donors (Lipinski definition) is 0. The molecule has 1 atom stereocenters. The Labute approximate surface area is 129 Å². The van der Waals surface area contributed by atoms with E-state index in [0.717, 1.165) is 42.4 Å². The van der Waals surface area contributed by atoms with Crippen molar-refractivity contribution >= 4 is 28.4 Å². The standard InChI is InChI=1S/C17H19ClN2O/c1-12(18)13-6-9-20(10-7-13)17(21)15-4-5-16-14(11-15)3-2-8-19-16/h2-5,8,11-13H,6-7,9-10H2,1H3. The van der Waals surface area contributed by atoms with Gasteiger partial charge in [0.15, 0.2) is 0 Å². The predicted octanol–water partition coefficient (Wildman–Crippen LogP) is 3.71. The van der Waals surface area contributed by atoms with E-state index in [1.54, 1.807) is 6.20 Å². The quantitative estimate of drug-likeness (QED) is 0.792. The monoisotopic (exact) mass is 302 g/mol. The molecule has 21 heavy (non-hydrogen) atoms. The third-order valence-electron chi connectivity index (χ3n) is 4.33. The van der Waals surface area contributed by atoms with Gasteiger partial charge < -0.3 is 4.90 Å². The van der Waals surface area contributed by atoms with Crippen LogP contribution in [0, 0.1) is 5.92 Å². The Morgan fingerprint density at radius 2 is 2.10 bits per heavy atom. The van der Waals surface area contributed by atoms with Crippen molar-refractivity contribution in [1.29, 1.82) is 0 Å². The SMILES string of the molecule is CC(Cl)C1CCN(C(=O)c2ccc3ncccc3c2)CC1. The molecule has 1 aromatic carbocycles. The summed E-state index contributed by atoms with van der Waals surface area (Å²) in [6.07, 6.45) is 3.75. The van der Waals surface area contributed by atoms with Gasteiger partial charge in [-0.25, -0.2) is 0 Å². The van der Waals surface area contributed by atoms with Gasteiger partial charge in [-0.05, 0) is 49.9 Å². The fraction of sp³-hybridized carbons (Fsp3) is 0.412. The number of alkyl halides is 1. The van der Waals surface area contributed by atoms with Crippen LogP contribution in [0.2, 0.25) is 0 Å². The van der Waals surface area contributed by atoms with E-state index in [0.29, 0.717) is 5.92 Å². The van der Waals surface area contributed by atoms with Crippen LogP contribution in [0.25, 0.3) is 10.9 Å². The minimum Gasteiger partial charge on any atom is -0.339 e. The van der Waals surface area contributed by atoms with Crippen LogP contribution in [0.1, 0.15) is 30.1 Å². The van der Waals surface area contributed by atoms with Crippen LogP contribution in [0.4, 0.5) is 0 Å². The van der Waals surface area contributed by atoms with Gasteiger partial charge in [-0.1, -0.05) is 6.07 Å². The number of halogens is 1. The van der Waals surface area contributed by atoms with Gasteiger partial charge in [0, 0.05) is 35.6 Å². The normalized spacial score (nSPS) is 17.9. The first kappa shape index (κ1) is 14.3. The maximum absolute atomic E-state index is 12.6. The largest absolute Gasteiger partial charge is 0.339 e. The second-order valence-corrected chi connectivity index (χ2v) is 6.41. The molecule has 0 bridgehead atoms. The summed E-state index contributed by atoms with van der Waals surface area (Å²) in [4.78, 5) is 18.8. The van der Waals surface area contributed by atoms with Crippen LogP contribution in [0.3, 0.4) is 0 Å². The first-order valence-electron chi connectivity index (χ1n) is 7.43. The van der Waals surface area contributed by atoms with Gasteiger partial charge in [0.25, 0.3) is 5.91 Å². The zero-order valence-electron chi connectivity index (χ0n) is 12.1. The molecule has 110 valence electrons. The summed E-state index contributed by atoms with van der Waals surface area (Å²) < 4.78 is 0. The van der Waals surface area contributed by atoms with Crippen LogP contribution in [-0.4, -0.2) is 34.3 Å². The lowest BCUT2D eigenvalue weighted by Crippen LogP contribution is -2.40. The summed E-state index contributed by atoms with van der Waals surface area (Å²) in [5, 5.41) is 1.20. The fourth-order valence-electron chi connectivity index (χ4n) is 2.95. The molecule has 1 aliphatic rings. The third kappa shape index (κ3) is 3.03. The number of carbonyl (C=O) groups excluding carboxylic acids is 1. The summed E-state index contributed by atoms with van der Waals surface area (Å²) >= 11 is 6.16. The molecule has 3 nitrogen and oxygen atoms in total. The zero-order chi connectivity index (χ0) is 14.8. The molecule has 0 radical (unpaired) electrons. The van der Waals surface area contributed by atoms with Gasteiger partial charge >= 0.3 is 0 Å². The van der Waals surface area contributed by atoms with Crippen LogP contribution < -0.4 is 0 Å². The Balaban J connectivity index is 1.75. The number of nitrogens with zero attached hydrogens (tertiary/aromatic N) is 2. The molecule has 2 heterocycles. The minimum atomic E-state index is 0.112. The molecule has 4 heteroatoms. The van der Waals surface area contributed by atoms with Crippen molar-refractivity contribution in [2.75, 3.05) is 13.1 Å². The maximum atomic E-state index is 12.6. The Hall–Kier alpha value is -1.61. The van der Waals surface area contributed by atoms with Gasteiger partial charge in [-0.3, -0.25) is 9.78 Å². The number of piperidine rings is 1. The highest BCUT2D eigenvalue weighted by Gasteiger charge is 2.26. The molecule has 0 spiro atoms. The highest BCUT2D eigenvalue weighted by molar-refractivity contribution is 6.20. The second kappa shape index (κ2) is 6.02.